The molecule has 1 aromatic rings. The van der Waals surface area contributed by atoms with Gasteiger partial charge < -0.3 is 0 Å². The summed E-state index contributed by atoms with van der Waals surface area (Å²) in [4.78, 5) is 12.8. The normalized spacial score (nSPS) is 31.1. The van der Waals surface area contributed by atoms with Crippen LogP contribution in [-0.2, 0) is 6.42 Å². The van der Waals surface area contributed by atoms with Crippen LogP contribution in [0.15, 0.2) is 29.8 Å². The predicted octanol–water partition coefficient (Wildman–Crippen LogP) is 4.67. The van der Waals surface area contributed by atoms with E-state index in [1.54, 1.807) is 5.57 Å². The minimum Gasteiger partial charge on any atom is -0.294 e. The third-order valence-corrected chi connectivity index (χ3v) is 5.78. The summed E-state index contributed by atoms with van der Waals surface area (Å²) in [5.74, 6) is 1.58. The Morgan fingerprint density at radius 3 is 2.70 bits per heavy atom. The Kier molecular flexibility index (Phi) is 2.52. The van der Waals surface area contributed by atoms with Gasteiger partial charge in [0.2, 0.25) is 0 Å². The van der Waals surface area contributed by atoms with E-state index in [0.29, 0.717) is 11.7 Å². The maximum Gasteiger partial charge on any atom is 0.164 e. The second-order valence-electron chi connectivity index (χ2n) is 7.35. The highest BCUT2D eigenvalue weighted by molar-refractivity contribution is 6.00. The molecule has 3 aliphatic rings. The van der Waals surface area contributed by atoms with Gasteiger partial charge in [-0.05, 0) is 54.1 Å². The van der Waals surface area contributed by atoms with Crippen LogP contribution >= 0.6 is 0 Å². The second-order valence-corrected chi connectivity index (χ2v) is 7.35. The number of rotatable bonds is 1. The molecule has 1 nitrogen and oxygen atoms in total. The predicted molar refractivity (Wildman–Crippen MR) is 81.0 cm³/mol. The van der Waals surface area contributed by atoms with Crippen molar-refractivity contribution in [2.24, 2.45) is 11.3 Å². The molecule has 2 unspecified atom stereocenters. The first-order valence-corrected chi connectivity index (χ1v) is 7.92. The quantitative estimate of drug-likeness (QED) is 0.675. The van der Waals surface area contributed by atoms with Crippen LogP contribution in [0.3, 0.4) is 0 Å². The van der Waals surface area contributed by atoms with Crippen LogP contribution in [0.2, 0.25) is 0 Å². The molecule has 0 radical (unpaired) electrons. The monoisotopic (exact) mass is 266 g/mol. The van der Waals surface area contributed by atoms with Crippen molar-refractivity contribution in [1.82, 2.24) is 0 Å². The molecule has 1 heteroatoms. The van der Waals surface area contributed by atoms with Crippen molar-refractivity contribution in [3.63, 3.8) is 0 Å². The Morgan fingerprint density at radius 2 is 2.05 bits per heavy atom. The molecule has 2 bridgehead atoms. The zero-order valence-corrected chi connectivity index (χ0v) is 12.4. The minimum atomic E-state index is 0.268. The van der Waals surface area contributed by atoms with E-state index in [4.69, 9.17) is 0 Å². The number of Topliss-reactive ketones (excluding diaryl/α,β-unsaturated/α-hetero) is 1. The molecule has 1 saturated carbocycles. The fourth-order valence-electron chi connectivity index (χ4n) is 4.85. The summed E-state index contributed by atoms with van der Waals surface area (Å²) >= 11 is 0. The van der Waals surface area contributed by atoms with Crippen LogP contribution in [0.4, 0.5) is 0 Å². The summed E-state index contributed by atoms with van der Waals surface area (Å²) in [5, 5.41) is 0. The summed E-state index contributed by atoms with van der Waals surface area (Å²) in [6, 6.07) is 6.48. The van der Waals surface area contributed by atoms with Crippen LogP contribution in [0, 0.1) is 11.3 Å². The van der Waals surface area contributed by atoms with Crippen molar-refractivity contribution in [2.45, 2.75) is 51.9 Å². The Labute approximate surface area is 121 Å². The maximum atomic E-state index is 12.8. The van der Waals surface area contributed by atoms with Crippen LogP contribution in [0.1, 0.15) is 66.9 Å². The molecule has 1 fully saturated rings. The minimum absolute atomic E-state index is 0.268. The summed E-state index contributed by atoms with van der Waals surface area (Å²) in [7, 11) is 0. The molecule has 0 aromatic heterocycles. The van der Waals surface area contributed by atoms with E-state index in [0.717, 1.165) is 24.3 Å². The molecule has 0 heterocycles. The first-order chi connectivity index (χ1) is 9.59. The fourth-order valence-corrected chi connectivity index (χ4v) is 4.85. The van der Waals surface area contributed by atoms with Crippen molar-refractivity contribution in [2.75, 3.05) is 0 Å². The topological polar surface area (TPSA) is 17.1 Å². The van der Waals surface area contributed by atoms with Gasteiger partial charge in [-0.1, -0.05) is 43.7 Å². The van der Waals surface area contributed by atoms with Gasteiger partial charge in [0.1, 0.15) is 0 Å². The molecule has 0 N–H and O–H groups in total. The Hall–Kier alpha value is -1.37. The Morgan fingerprint density at radius 1 is 1.20 bits per heavy atom. The largest absolute Gasteiger partial charge is 0.294 e. The van der Waals surface area contributed by atoms with E-state index in [2.05, 4.69) is 38.1 Å². The first kappa shape index (κ1) is 12.4. The molecule has 2 atom stereocenters. The lowest BCUT2D eigenvalue weighted by atomic mass is 9.63. The number of carbonyl (C=O) groups is 1. The van der Waals surface area contributed by atoms with Crippen molar-refractivity contribution in [3.8, 4) is 0 Å². The first-order valence-electron chi connectivity index (χ1n) is 7.92. The summed E-state index contributed by atoms with van der Waals surface area (Å²) in [5.41, 5.74) is 5.52. The van der Waals surface area contributed by atoms with Gasteiger partial charge in [-0.15, -0.1) is 0 Å². The summed E-state index contributed by atoms with van der Waals surface area (Å²) in [6.07, 6.45) is 7.96. The molecule has 1 aromatic carbocycles. The maximum absolute atomic E-state index is 12.8. The number of hydrogen-bond donors (Lipinski definition) is 0. The van der Waals surface area contributed by atoms with E-state index in [-0.39, 0.29) is 5.41 Å². The number of ketones is 1. The van der Waals surface area contributed by atoms with Crippen molar-refractivity contribution >= 4 is 5.78 Å². The van der Waals surface area contributed by atoms with Crippen LogP contribution in [-0.4, -0.2) is 5.78 Å². The highest BCUT2D eigenvalue weighted by Crippen LogP contribution is 2.58. The number of allylic oxidation sites excluding steroid dienone is 2. The molecule has 20 heavy (non-hydrogen) atoms. The van der Waals surface area contributed by atoms with E-state index in [9.17, 15) is 4.79 Å². The molecular formula is C19H22O. The average molecular weight is 266 g/mol. The van der Waals surface area contributed by atoms with Gasteiger partial charge >= 0.3 is 0 Å². The number of carbonyl (C=O) groups excluding carboxylic acids is 1. The van der Waals surface area contributed by atoms with Gasteiger partial charge in [-0.25, -0.2) is 0 Å². The van der Waals surface area contributed by atoms with Gasteiger partial charge in [0.15, 0.2) is 5.78 Å². The average Bonchev–Trinajstić information content (AvgIpc) is 2.98. The molecule has 4 rings (SSSR count). The molecule has 104 valence electrons. The fraction of sp³-hybridized carbons (Fsp3) is 0.526. The van der Waals surface area contributed by atoms with E-state index in [1.807, 2.05) is 0 Å². The lowest BCUT2D eigenvalue weighted by Gasteiger charge is -2.40. The van der Waals surface area contributed by atoms with Crippen molar-refractivity contribution in [3.05, 3.63) is 46.5 Å². The number of fused-ring (bicyclic) bond motifs is 4. The molecule has 0 saturated heterocycles. The van der Waals surface area contributed by atoms with E-state index >= 15 is 0 Å². The number of hydrogen-bond acceptors (Lipinski definition) is 1. The highest BCUT2D eigenvalue weighted by Gasteiger charge is 2.50. The Balaban J connectivity index is 1.80. The van der Waals surface area contributed by atoms with Gasteiger partial charge in [0.05, 0.1) is 0 Å². The zero-order chi connectivity index (χ0) is 13.9. The van der Waals surface area contributed by atoms with Gasteiger partial charge in [-0.3, -0.25) is 4.79 Å². The lowest BCUT2D eigenvalue weighted by molar-refractivity contribution is 0.0822. The Bertz CT molecular complexity index is 623. The van der Waals surface area contributed by atoms with E-state index in [1.165, 1.54) is 30.4 Å². The molecule has 1 spiro atoms. The zero-order valence-electron chi connectivity index (χ0n) is 12.4. The molecule has 0 amide bonds. The molecule has 3 aliphatic carbocycles. The SMILES string of the molecule is CC(C)c1cccc2c1C(=O)CC1(CC3=CCC1C3)C2. The third kappa shape index (κ3) is 1.58. The lowest BCUT2D eigenvalue weighted by Crippen LogP contribution is -2.36. The van der Waals surface area contributed by atoms with Crippen molar-refractivity contribution < 1.29 is 4.79 Å². The standard InChI is InChI=1S/C19H22O/c1-12(2)16-5-3-4-14-10-19(11-17(20)18(14)16)9-13-6-7-15(19)8-13/h3-6,12,15H,7-11H2,1-2H3. The van der Waals surface area contributed by atoms with Gasteiger partial charge in [0.25, 0.3) is 0 Å². The smallest absolute Gasteiger partial charge is 0.164 e. The molecular weight excluding hydrogens is 244 g/mol. The van der Waals surface area contributed by atoms with Crippen LogP contribution in [0.25, 0.3) is 0 Å². The van der Waals surface area contributed by atoms with Crippen LogP contribution in [0.5, 0.6) is 0 Å². The van der Waals surface area contributed by atoms with E-state index < -0.39 is 0 Å². The van der Waals surface area contributed by atoms with Gasteiger partial charge in [0, 0.05) is 12.0 Å². The summed E-state index contributed by atoms with van der Waals surface area (Å²) < 4.78 is 0. The third-order valence-electron chi connectivity index (χ3n) is 5.78. The van der Waals surface area contributed by atoms with Gasteiger partial charge in [-0.2, -0.15) is 0 Å². The highest BCUT2D eigenvalue weighted by atomic mass is 16.1. The molecule has 0 aliphatic heterocycles. The second kappa shape index (κ2) is 4.07. The number of benzene rings is 1. The summed E-state index contributed by atoms with van der Waals surface area (Å²) in [6.45, 7) is 4.38. The van der Waals surface area contributed by atoms with Crippen LogP contribution < -0.4 is 0 Å². The van der Waals surface area contributed by atoms with Crippen molar-refractivity contribution in [1.29, 1.82) is 0 Å².